The molecule has 0 spiro atoms. The Morgan fingerprint density at radius 2 is 1.90 bits per heavy atom. The van der Waals surface area contributed by atoms with Gasteiger partial charge in [0, 0.05) is 11.6 Å². The molecular formula is C16H12Cl2O3. The third-order valence-corrected chi connectivity index (χ3v) is 3.44. The van der Waals surface area contributed by atoms with Crippen molar-refractivity contribution in [2.45, 2.75) is 6.61 Å². The number of hydrogen-bond acceptors (Lipinski definition) is 2. The van der Waals surface area contributed by atoms with E-state index in [4.69, 9.17) is 33.0 Å². The lowest BCUT2D eigenvalue weighted by Gasteiger charge is -2.09. The summed E-state index contributed by atoms with van der Waals surface area (Å²) >= 11 is 11.8. The minimum atomic E-state index is -1.01. The van der Waals surface area contributed by atoms with Crippen molar-refractivity contribution in [1.29, 1.82) is 0 Å². The van der Waals surface area contributed by atoms with Crippen molar-refractivity contribution in [3.8, 4) is 5.75 Å². The van der Waals surface area contributed by atoms with E-state index in [1.54, 1.807) is 24.3 Å². The van der Waals surface area contributed by atoms with Crippen LogP contribution in [-0.4, -0.2) is 11.1 Å². The molecule has 0 aliphatic rings. The summed E-state index contributed by atoms with van der Waals surface area (Å²) in [5.74, 6) is -0.407. The standard InChI is InChI=1S/C16H12Cl2O3/c17-13-7-5-11(9-14(13)18)10-21-15-4-2-1-3-12(15)6-8-16(19)20/h1-9H,10H2,(H,19,20)/b8-6+. The van der Waals surface area contributed by atoms with E-state index >= 15 is 0 Å². The summed E-state index contributed by atoms with van der Waals surface area (Å²) in [6.45, 7) is 0.314. The quantitative estimate of drug-likeness (QED) is 0.813. The lowest BCUT2D eigenvalue weighted by Crippen LogP contribution is -1.97. The molecule has 5 heteroatoms. The van der Waals surface area contributed by atoms with Gasteiger partial charge in [0.1, 0.15) is 12.4 Å². The van der Waals surface area contributed by atoms with Crippen LogP contribution in [0.1, 0.15) is 11.1 Å². The first kappa shape index (κ1) is 15.4. The molecule has 0 unspecified atom stereocenters. The minimum absolute atomic E-state index is 0.314. The second-order valence-corrected chi connectivity index (χ2v) is 5.06. The van der Waals surface area contributed by atoms with E-state index in [1.807, 2.05) is 18.2 Å². The molecule has 108 valence electrons. The third kappa shape index (κ3) is 4.52. The van der Waals surface area contributed by atoms with E-state index < -0.39 is 5.97 Å². The molecule has 0 heterocycles. The van der Waals surface area contributed by atoms with E-state index in [0.29, 0.717) is 28.0 Å². The summed E-state index contributed by atoms with van der Waals surface area (Å²) < 4.78 is 5.70. The maximum absolute atomic E-state index is 10.6. The first-order chi connectivity index (χ1) is 10.1. The highest BCUT2D eigenvalue weighted by Crippen LogP contribution is 2.25. The molecule has 0 saturated carbocycles. The first-order valence-corrected chi connectivity index (χ1v) is 6.88. The normalized spacial score (nSPS) is 10.8. The average molecular weight is 323 g/mol. The predicted octanol–water partition coefficient (Wildman–Crippen LogP) is 4.67. The van der Waals surface area contributed by atoms with Gasteiger partial charge in [-0.25, -0.2) is 4.79 Å². The highest BCUT2D eigenvalue weighted by atomic mass is 35.5. The SMILES string of the molecule is O=C(O)/C=C/c1ccccc1OCc1ccc(Cl)c(Cl)c1. The maximum Gasteiger partial charge on any atom is 0.328 e. The molecular weight excluding hydrogens is 311 g/mol. The molecule has 2 rings (SSSR count). The fraction of sp³-hybridized carbons (Fsp3) is 0.0625. The van der Waals surface area contributed by atoms with Crippen LogP contribution in [0.4, 0.5) is 0 Å². The molecule has 3 nitrogen and oxygen atoms in total. The Morgan fingerprint density at radius 3 is 2.62 bits per heavy atom. The number of carbonyl (C=O) groups is 1. The number of rotatable bonds is 5. The lowest BCUT2D eigenvalue weighted by molar-refractivity contribution is -0.131. The smallest absolute Gasteiger partial charge is 0.328 e. The molecule has 0 aliphatic heterocycles. The van der Waals surface area contributed by atoms with Crippen LogP contribution in [0, 0.1) is 0 Å². The monoisotopic (exact) mass is 322 g/mol. The van der Waals surface area contributed by atoms with Crippen molar-refractivity contribution in [1.82, 2.24) is 0 Å². The Bertz CT molecular complexity index is 681. The molecule has 0 aromatic heterocycles. The summed E-state index contributed by atoms with van der Waals surface area (Å²) in [4.78, 5) is 10.6. The summed E-state index contributed by atoms with van der Waals surface area (Å²) in [6, 6.07) is 12.5. The van der Waals surface area contributed by atoms with Crippen LogP contribution in [0.2, 0.25) is 10.0 Å². The number of benzene rings is 2. The Balaban J connectivity index is 2.12. The van der Waals surface area contributed by atoms with Crippen LogP contribution < -0.4 is 4.74 Å². The van der Waals surface area contributed by atoms with Crippen molar-refractivity contribution in [3.05, 3.63) is 69.7 Å². The maximum atomic E-state index is 10.6. The summed E-state index contributed by atoms with van der Waals surface area (Å²) in [5.41, 5.74) is 1.57. The molecule has 0 saturated heterocycles. The van der Waals surface area contributed by atoms with Gasteiger partial charge in [-0.1, -0.05) is 47.5 Å². The Hall–Kier alpha value is -1.97. The number of hydrogen-bond donors (Lipinski definition) is 1. The third-order valence-electron chi connectivity index (χ3n) is 2.70. The summed E-state index contributed by atoms with van der Waals surface area (Å²) in [6.07, 6.45) is 2.56. The largest absolute Gasteiger partial charge is 0.488 e. The molecule has 0 radical (unpaired) electrons. The number of halogens is 2. The fourth-order valence-electron chi connectivity index (χ4n) is 1.70. The van der Waals surface area contributed by atoms with Crippen molar-refractivity contribution >= 4 is 35.2 Å². The van der Waals surface area contributed by atoms with Crippen LogP contribution >= 0.6 is 23.2 Å². The van der Waals surface area contributed by atoms with Gasteiger partial charge >= 0.3 is 5.97 Å². The van der Waals surface area contributed by atoms with Crippen molar-refractivity contribution in [2.24, 2.45) is 0 Å². The van der Waals surface area contributed by atoms with Gasteiger partial charge in [-0.15, -0.1) is 0 Å². The Kier molecular flexibility index (Phi) is 5.26. The van der Waals surface area contributed by atoms with Crippen LogP contribution in [0.5, 0.6) is 5.75 Å². The fourth-order valence-corrected chi connectivity index (χ4v) is 2.02. The number of para-hydroxylation sites is 1. The zero-order chi connectivity index (χ0) is 15.2. The summed E-state index contributed by atoms with van der Waals surface area (Å²) in [5, 5.41) is 9.64. The number of carboxylic acids is 1. The second-order valence-electron chi connectivity index (χ2n) is 4.25. The van der Waals surface area contributed by atoms with Gasteiger partial charge in [-0.3, -0.25) is 0 Å². The molecule has 1 N–H and O–H groups in total. The predicted molar refractivity (Wildman–Crippen MR) is 83.9 cm³/mol. The average Bonchev–Trinajstić information content (AvgIpc) is 2.47. The van der Waals surface area contributed by atoms with Crippen molar-refractivity contribution in [2.75, 3.05) is 0 Å². The van der Waals surface area contributed by atoms with Gasteiger partial charge < -0.3 is 9.84 Å². The van der Waals surface area contributed by atoms with Gasteiger partial charge in [-0.2, -0.15) is 0 Å². The van der Waals surface area contributed by atoms with Crippen LogP contribution in [0.25, 0.3) is 6.08 Å². The first-order valence-electron chi connectivity index (χ1n) is 6.13. The van der Waals surface area contributed by atoms with Gasteiger partial charge in [-0.05, 0) is 29.8 Å². The zero-order valence-corrected chi connectivity index (χ0v) is 12.4. The van der Waals surface area contributed by atoms with Crippen LogP contribution in [-0.2, 0) is 11.4 Å². The van der Waals surface area contributed by atoms with Gasteiger partial charge in [0.2, 0.25) is 0 Å². The topological polar surface area (TPSA) is 46.5 Å². The number of carboxylic acid groups (broad SMARTS) is 1. The molecule has 0 amide bonds. The molecule has 0 bridgehead atoms. The minimum Gasteiger partial charge on any atom is -0.488 e. The van der Waals surface area contributed by atoms with E-state index in [1.165, 1.54) is 6.08 Å². The van der Waals surface area contributed by atoms with Crippen LogP contribution in [0.15, 0.2) is 48.5 Å². The molecule has 21 heavy (non-hydrogen) atoms. The Labute approximate surface area is 132 Å². The molecule has 0 atom stereocenters. The molecule has 2 aromatic carbocycles. The molecule has 2 aromatic rings. The van der Waals surface area contributed by atoms with Gasteiger partial charge in [0.15, 0.2) is 0 Å². The number of aliphatic carboxylic acids is 1. The second kappa shape index (κ2) is 7.16. The lowest BCUT2D eigenvalue weighted by atomic mass is 10.2. The Morgan fingerprint density at radius 1 is 1.14 bits per heavy atom. The molecule has 0 fully saturated rings. The van der Waals surface area contributed by atoms with Crippen molar-refractivity contribution in [3.63, 3.8) is 0 Å². The van der Waals surface area contributed by atoms with E-state index in [9.17, 15) is 4.79 Å². The van der Waals surface area contributed by atoms with Crippen molar-refractivity contribution < 1.29 is 14.6 Å². The number of ether oxygens (including phenoxy) is 1. The van der Waals surface area contributed by atoms with Gasteiger partial charge in [0.05, 0.1) is 10.0 Å². The van der Waals surface area contributed by atoms with E-state index in [2.05, 4.69) is 0 Å². The van der Waals surface area contributed by atoms with Gasteiger partial charge in [0.25, 0.3) is 0 Å². The highest BCUT2D eigenvalue weighted by Gasteiger charge is 2.03. The highest BCUT2D eigenvalue weighted by molar-refractivity contribution is 6.42. The molecule has 0 aliphatic carbocycles. The zero-order valence-electron chi connectivity index (χ0n) is 10.9. The van der Waals surface area contributed by atoms with E-state index in [-0.39, 0.29) is 0 Å². The summed E-state index contributed by atoms with van der Waals surface area (Å²) in [7, 11) is 0. The van der Waals surface area contributed by atoms with E-state index in [0.717, 1.165) is 11.6 Å². The van der Waals surface area contributed by atoms with Crippen LogP contribution in [0.3, 0.4) is 0 Å².